The van der Waals surface area contributed by atoms with E-state index in [1.54, 1.807) is 12.1 Å². The average molecular weight is 443 g/mol. The summed E-state index contributed by atoms with van der Waals surface area (Å²) in [4.78, 5) is 38.4. The largest absolute Gasteiger partial charge is 0.350 e. The molecule has 26 heavy (non-hydrogen) atoms. The van der Waals surface area contributed by atoms with Crippen molar-refractivity contribution in [3.63, 3.8) is 0 Å². The molecular formula is C18H21BrClN3O3. The lowest BCUT2D eigenvalue weighted by Crippen LogP contribution is -2.54. The number of hydrogen-bond donors (Lipinski definition) is 2. The molecule has 140 valence electrons. The number of hydrogen-bond acceptors (Lipinski definition) is 3. The van der Waals surface area contributed by atoms with Gasteiger partial charge in [-0.25, -0.2) is 4.79 Å². The van der Waals surface area contributed by atoms with Gasteiger partial charge in [0.25, 0.3) is 5.91 Å². The van der Waals surface area contributed by atoms with E-state index in [0.29, 0.717) is 11.4 Å². The number of carbonyl (C=O) groups excluding carboxylic acids is 3. The molecule has 1 aliphatic carbocycles. The van der Waals surface area contributed by atoms with Crippen molar-refractivity contribution in [2.45, 2.75) is 44.7 Å². The molecular weight excluding hydrogens is 422 g/mol. The summed E-state index contributed by atoms with van der Waals surface area (Å²) in [5.41, 5.74) is -0.0808. The number of imide groups is 1. The number of amides is 4. The van der Waals surface area contributed by atoms with E-state index in [-0.39, 0.29) is 24.9 Å². The number of rotatable bonds is 4. The predicted octanol–water partition coefficient (Wildman–Crippen LogP) is 3.22. The van der Waals surface area contributed by atoms with E-state index in [0.717, 1.165) is 34.2 Å². The van der Waals surface area contributed by atoms with Gasteiger partial charge in [0.15, 0.2) is 0 Å². The molecule has 4 amide bonds. The molecule has 1 saturated heterocycles. The quantitative estimate of drug-likeness (QED) is 0.703. The molecule has 2 atom stereocenters. The van der Waals surface area contributed by atoms with E-state index in [2.05, 4.69) is 26.6 Å². The van der Waals surface area contributed by atoms with Crippen molar-refractivity contribution in [2.24, 2.45) is 5.92 Å². The third-order valence-electron chi connectivity index (χ3n) is 5.29. The fraction of sp³-hybridized carbons (Fsp3) is 0.500. The normalized spacial score (nSPS) is 25.5. The van der Waals surface area contributed by atoms with Crippen molar-refractivity contribution in [1.82, 2.24) is 15.5 Å². The Bertz CT molecular complexity index is 757. The molecule has 8 heteroatoms. The van der Waals surface area contributed by atoms with Crippen LogP contribution in [0.4, 0.5) is 4.79 Å². The molecule has 1 saturated carbocycles. The fourth-order valence-electron chi connectivity index (χ4n) is 3.70. The van der Waals surface area contributed by atoms with Crippen LogP contribution in [0, 0.1) is 5.92 Å². The number of benzene rings is 1. The zero-order valence-corrected chi connectivity index (χ0v) is 16.8. The van der Waals surface area contributed by atoms with Crippen LogP contribution in [0.1, 0.15) is 38.2 Å². The van der Waals surface area contributed by atoms with Crippen molar-refractivity contribution < 1.29 is 14.4 Å². The van der Waals surface area contributed by atoms with Crippen molar-refractivity contribution in [2.75, 3.05) is 6.54 Å². The van der Waals surface area contributed by atoms with Crippen molar-refractivity contribution in [3.05, 3.63) is 33.3 Å². The summed E-state index contributed by atoms with van der Waals surface area (Å²) in [5.74, 6) is -0.609. The summed E-state index contributed by atoms with van der Waals surface area (Å²) in [5, 5.41) is 6.09. The second-order valence-electron chi connectivity index (χ2n) is 6.95. The molecule has 2 aliphatic rings. The molecule has 2 fully saturated rings. The van der Waals surface area contributed by atoms with Crippen LogP contribution in [0.2, 0.25) is 5.02 Å². The highest BCUT2D eigenvalue weighted by Crippen LogP contribution is 2.38. The van der Waals surface area contributed by atoms with Crippen LogP contribution in [-0.2, 0) is 16.1 Å². The zero-order valence-electron chi connectivity index (χ0n) is 14.5. The van der Waals surface area contributed by atoms with Crippen LogP contribution in [0.5, 0.6) is 0 Å². The minimum atomic E-state index is -0.843. The Hall–Kier alpha value is -1.60. The molecule has 6 nitrogen and oxygen atoms in total. The van der Waals surface area contributed by atoms with Gasteiger partial charge in [-0.3, -0.25) is 14.5 Å². The van der Waals surface area contributed by atoms with Gasteiger partial charge in [0, 0.05) is 16.0 Å². The van der Waals surface area contributed by atoms with Gasteiger partial charge in [0.05, 0.1) is 0 Å². The number of urea groups is 1. The van der Waals surface area contributed by atoms with E-state index in [1.165, 1.54) is 0 Å². The highest BCUT2D eigenvalue weighted by molar-refractivity contribution is 9.10. The van der Waals surface area contributed by atoms with Crippen LogP contribution >= 0.6 is 27.5 Å². The van der Waals surface area contributed by atoms with Crippen LogP contribution in [0.25, 0.3) is 0 Å². The van der Waals surface area contributed by atoms with E-state index in [1.807, 2.05) is 13.0 Å². The van der Waals surface area contributed by atoms with Gasteiger partial charge < -0.3 is 10.6 Å². The summed E-state index contributed by atoms with van der Waals surface area (Å²) < 4.78 is 0.851. The minimum absolute atomic E-state index is 0.0716. The second-order valence-corrected chi connectivity index (χ2v) is 8.27. The lowest BCUT2D eigenvalue weighted by Gasteiger charge is -2.36. The summed E-state index contributed by atoms with van der Waals surface area (Å²) in [6.45, 7) is 1.93. The van der Waals surface area contributed by atoms with Gasteiger partial charge in [-0.05, 0) is 36.5 Å². The molecule has 2 unspecified atom stereocenters. The standard InChI is InChI=1S/C18H21BrClN3O3/c1-11-4-2-3-7-18(11)16(25)23(17(26)22-18)10-15(24)21-9-12-5-6-13(19)8-14(12)20/h5-6,8,11H,2-4,7,9-10H2,1H3,(H,21,24)(H,22,26). The second kappa shape index (κ2) is 7.56. The highest BCUT2D eigenvalue weighted by atomic mass is 79.9. The monoisotopic (exact) mass is 441 g/mol. The van der Waals surface area contributed by atoms with Gasteiger partial charge >= 0.3 is 6.03 Å². The topological polar surface area (TPSA) is 78.5 Å². The maximum Gasteiger partial charge on any atom is 0.325 e. The Labute approximate surface area is 165 Å². The molecule has 1 spiro atoms. The molecule has 2 N–H and O–H groups in total. The molecule has 3 rings (SSSR count). The molecule has 0 bridgehead atoms. The van der Waals surface area contributed by atoms with E-state index in [4.69, 9.17) is 11.6 Å². The number of halogens is 2. The molecule has 0 radical (unpaired) electrons. The maximum absolute atomic E-state index is 12.8. The van der Waals surface area contributed by atoms with Crippen molar-refractivity contribution >= 4 is 45.4 Å². The minimum Gasteiger partial charge on any atom is -0.350 e. The Morgan fingerprint density at radius 3 is 2.88 bits per heavy atom. The molecule has 1 aromatic carbocycles. The first-order valence-corrected chi connectivity index (χ1v) is 9.85. The van der Waals surface area contributed by atoms with Crippen LogP contribution < -0.4 is 10.6 Å². The molecule has 1 heterocycles. The van der Waals surface area contributed by atoms with Gasteiger partial charge in [-0.1, -0.05) is 53.4 Å². The summed E-state index contributed by atoms with van der Waals surface area (Å²) in [6.07, 6.45) is 3.48. The van der Waals surface area contributed by atoms with Gasteiger partial charge in [-0.2, -0.15) is 0 Å². The Balaban J connectivity index is 1.62. The first-order valence-electron chi connectivity index (χ1n) is 8.68. The van der Waals surface area contributed by atoms with Crippen LogP contribution in [0.3, 0.4) is 0 Å². The third-order valence-corrected chi connectivity index (χ3v) is 6.14. The van der Waals surface area contributed by atoms with Crippen molar-refractivity contribution in [1.29, 1.82) is 0 Å². The van der Waals surface area contributed by atoms with E-state index in [9.17, 15) is 14.4 Å². The zero-order chi connectivity index (χ0) is 18.9. The average Bonchev–Trinajstić information content (AvgIpc) is 2.82. The molecule has 1 aromatic rings. The lowest BCUT2D eigenvalue weighted by molar-refractivity contribution is -0.137. The highest BCUT2D eigenvalue weighted by Gasteiger charge is 2.55. The first kappa shape index (κ1) is 19.2. The fourth-order valence-corrected chi connectivity index (χ4v) is 4.44. The Kier molecular flexibility index (Phi) is 5.58. The van der Waals surface area contributed by atoms with E-state index < -0.39 is 17.5 Å². The number of nitrogens with zero attached hydrogens (tertiary/aromatic N) is 1. The van der Waals surface area contributed by atoms with Crippen molar-refractivity contribution in [3.8, 4) is 0 Å². The van der Waals surface area contributed by atoms with Gasteiger partial charge in [0.1, 0.15) is 12.1 Å². The molecule has 1 aliphatic heterocycles. The summed E-state index contributed by atoms with van der Waals surface area (Å²) in [7, 11) is 0. The van der Waals surface area contributed by atoms with Gasteiger partial charge in [0.2, 0.25) is 5.91 Å². The number of nitrogens with one attached hydrogen (secondary N) is 2. The summed E-state index contributed by atoms with van der Waals surface area (Å²) in [6, 6.07) is 4.90. The smallest absolute Gasteiger partial charge is 0.325 e. The van der Waals surface area contributed by atoms with E-state index >= 15 is 0 Å². The molecule has 0 aromatic heterocycles. The first-order chi connectivity index (χ1) is 12.3. The lowest BCUT2D eigenvalue weighted by atomic mass is 9.73. The predicted molar refractivity (Wildman–Crippen MR) is 102 cm³/mol. The Morgan fingerprint density at radius 1 is 1.42 bits per heavy atom. The number of carbonyl (C=O) groups is 3. The van der Waals surface area contributed by atoms with Gasteiger partial charge in [-0.15, -0.1) is 0 Å². The third kappa shape index (κ3) is 3.60. The summed E-state index contributed by atoms with van der Waals surface area (Å²) >= 11 is 9.46. The maximum atomic E-state index is 12.8. The van der Waals surface area contributed by atoms with Crippen LogP contribution in [0.15, 0.2) is 22.7 Å². The SMILES string of the molecule is CC1CCCCC12NC(=O)N(CC(=O)NCc1ccc(Br)cc1Cl)C2=O. The van der Waals surface area contributed by atoms with Crippen LogP contribution in [-0.4, -0.2) is 34.8 Å². The Morgan fingerprint density at radius 2 is 2.19 bits per heavy atom.